The van der Waals surface area contributed by atoms with Gasteiger partial charge in [0.15, 0.2) is 0 Å². The molecular formula is C20H32N4O. The summed E-state index contributed by atoms with van der Waals surface area (Å²) in [6, 6.07) is 9.21. The monoisotopic (exact) mass is 344 g/mol. The number of rotatable bonds is 3. The fourth-order valence-corrected chi connectivity index (χ4v) is 3.99. The van der Waals surface area contributed by atoms with Gasteiger partial charge in [-0.2, -0.15) is 0 Å². The SMILES string of the molecule is CC(C)N1CCN(c2ccc(C(=O)N3CC[C@H](N)C[C@@H]3C)cc2)CC1. The van der Waals surface area contributed by atoms with Crippen molar-refractivity contribution in [3.8, 4) is 0 Å². The van der Waals surface area contributed by atoms with E-state index in [1.54, 1.807) is 0 Å². The predicted octanol–water partition coefficient (Wildman–Crippen LogP) is 2.17. The van der Waals surface area contributed by atoms with Crippen LogP contribution in [0.4, 0.5) is 5.69 Å². The van der Waals surface area contributed by atoms with Crippen molar-refractivity contribution in [3.63, 3.8) is 0 Å². The van der Waals surface area contributed by atoms with Crippen molar-refractivity contribution in [2.45, 2.75) is 51.7 Å². The van der Waals surface area contributed by atoms with Gasteiger partial charge in [0.1, 0.15) is 0 Å². The van der Waals surface area contributed by atoms with Gasteiger partial charge in [-0.25, -0.2) is 0 Å². The second-order valence-corrected chi connectivity index (χ2v) is 7.80. The molecule has 1 amide bonds. The van der Waals surface area contributed by atoms with E-state index in [2.05, 4.69) is 42.7 Å². The fourth-order valence-electron chi connectivity index (χ4n) is 3.99. The molecule has 0 radical (unpaired) electrons. The molecule has 1 aromatic carbocycles. The third kappa shape index (κ3) is 4.15. The molecule has 5 nitrogen and oxygen atoms in total. The second-order valence-electron chi connectivity index (χ2n) is 7.80. The van der Waals surface area contributed by atoms with E-state index in [0.717, 1.165) is 51.1 Å². The van der Waals surface area contributed by atoms with Gasteiger partial charge in [0.2, 0.25) is 0 Å². The lowest BCUT2D eigenvalue weighted by Crippen LogP contribution is -2.49. The summed E-state index contributed by atoms with van der Waals surface area (Å²) in [5.41, 5.74) is 8.01. The standard InChI is InChI=1S/C20H32N4O/c1-15(2)22-10-12-23(13-11-22)19-6-4-17(5-7-19)20(25)24-9-8-18(21)14-16(24)3/h4-7,15-16,18H,8-14,21H2,1-3H3/t16-,18-/m0/s1. The Morgan fingerprint density at radius 2 is 1.72 bits per heavy atom. The Labute approximate surface area is 151 Å². The van der Waals surface area contributed by atoms with Gasteiger partial charge in [-0.1, -0.05) is 0 Å². The molecule has 138 valence electrons. The van der Waals surface area contributed by atoms with E-state index >= 15 is 0 Å². The average Bonchev–Trinajstić information content (AvgIpc) is 2.61. The molecule has 3 rings (SSSR count). The minimum atomic E-state index is 0.135. The van der Waals surface area contributed by atoms with Crippen LogP contribution in [0.5, 0.6) is 0 Å². The van der Waals surface area contributed by atoms with E-state index in [1.165, 1.54) is 5.69 Å². The zero-order valence-electron chi connectivity index (χ0n) is 15.8. The molecule has 1 aromatic rings. The van der Waals surface area contributed by atoms with Gasteiger partial charge >= 0.3 is 0 Å². The van der Waals surface area contributed by atoms with E-state index in [-0.39, 0.29) is 18.0 Å². The van der Waals surface area contributed by atoms with Crippen molar-refractivity contribution >= 4 is 11.6 Å². The summed E-state index contributed by atoms with van der Waals surface area (Å²) in [5.74, 6) is 0.135. The first-order chi connectivity index (χ1) is 12.0. The molecule has 0 saturated carbocycles. The summed E-state index contributed by atoms with van der Waals surface area (Å²) in [6.45, 7) is 11.7. The molecule has 25 heavy (non-hydrogen) atoms. The third-order valence-electron chi connectivity index (χ3n) is 5.70. The van der Waals surface area contributed by atoms with Crippen LogP contribution in [-0.4, -0.2) is 66.6 Å². The quantitative estimate of drug-likeness (QED) is 0.913. The third-order valence-corrected chi connectivity index (χ3v) is 5.70. The minimum absolute atomic E-state index is 0.135. The van der Waals surface area contributed by atoms with E-state index in [9.17, 15) is 4.79 Å². The van der Waals surface area contributed by atoms with Crippen LogP contribution in [0.15, 0.2) is 24.3 Å². The highest BCUT2D eigenvalue weighted by Crippen LogP contribution is 2.22. The summed E-state index contributed by atoms with van der Waals surface area (Å²) in [4.78, 5) is 19.7. The lowest BCUT2D eigenvalue weighted by Gasteiger charge is -2.38. The van der Waals surface area contributed by atoms with E-state index in [0.29, 0.717) is 6.04 Å². The van der Waals surface area contributed by atoms with Gasteiger partial charge in [0, 0.05) is 62.1 Å². The van der Waals surface area contributed by atoms with E-state index in [1.807, 2.05) is 17.0 Å². The minimum Gasteiger partial charge on any atom is -0.369 e. The first kappa shape index (κ1) is 18.2. The molecule has 2 aliphatic heterocycles. The molecule has 2 aliphatic rings. The van der Waals surface area contributed by atoms with Crippen molar-refractivity contribution in [1.29, 1.82) is 0 Å². The number of benzene rings is 1. The molecule has 2 heterocycles. The Balaban J connectivity index is 1.61. The maximum atomic E-state index is 12.8. The number of nitrogens with zero attached hydrogens (tertiary/aromatic N) is 3. The highest BCUT2D eigenvalue weighted by Gasteiger charge is 2.27. The maximum Gasteiger partial charge on any atom is 0.254 e. The summed E-state index contributed by atoms with van der Waals surface area (Å²) in [6.07, 6.45) is 1.79. The molecule has 0 aromatic heterocycles. The van der Waals surface area contributed by atoms with E-state index in [4.69, 9.17) is 5.73 Å². The number of amides is 1. The van der Waals surface area contributed by atoms with Gasteiger partial charge in [-0.15, -0.1) is 0 Å². The Kier molecular flexibility index (Phi) is 5.64. The number of nitrogens with two attached hydrogens (primary N) is 1. The van der Waals surface area contributed by atoms with Crippen LogP contribution in [0.3, 0.4) is 0 Å². The number of anilines is 1. The van der Waals surface area contributed by atoms with Crippen LogP contribution in [0.1, 0.15) is 44.0 Å². The lowest BCUT2D eigenvalue weighted by molar-refractivity contribution is 0.0619. The summed E-state index contributed by atoms with van der Waals surface area (Å²) in [5, 5.41) is 0. The smallest absolute Gasteiger partial charge is 0.254 e. The molecule has 2 saturated heterocycles. The number of hydrogen-bond donors (Lipinski definition) is 1. The van der Waals surface area contributed by atoms with Gasteiger partial charge in [0.05, 0.1) is 0 Å². The van der Waals surface area contributed by atoms with Crippen molar-refractivity contribution in [2.75, 3.05) is 37.6 Å². The van der Waals surface area contributed by atoms with Crippen molar-refractivity contribution in [2.24, 2.45) is 5.73 Å². The number of piperidine rings is 1. The van der Waals surface area contributed by atoms with Crippen LogP contribution in [-0.2, 0) is 0 Å². The van der Waals surface area contributed by atoms with Crippen LogP contribution >= 0.6 is 0 Å². The number of carbonyl (C=O) groups is 1. The first-order valence-corrected chi connectivity index (χ1v) is 9.61. The van der Waals surface area contributed by atoms with Gasteiger partial charge in [0.25, 0.3) is 5.91 Å². The Bertz CT molecular complexity index is 578. The maximum absolute atomic E-state index is 12.8. The normalized spacial score (nSPS) is 25.5. The molecule has 0 spiro atoms. The van der Waals surface area contributed by atoms with Gasteiger partial charge in [-0.05, 0) is 57.9 Å². The van der Waals surface area contributed by atoms with Crippen molar-refractivity contribution in [1.82, 2.24) is 9.80 Å². The topological polar surface area (TPSA) is 52.8 Å². The van der Waals surface area contributed by atoms with Crippen LogP contribution in [0.2, 0.25) is 0 Å². The van der Waals surface area contributed by atoms with E-state index < -0.39 is 0 Å². The van der Waals surface area contributed by atoms with Gasteiger partial charge < -0.3 is 15.5 Å². The Morgan fingerprint density at radius 1 is 1.08 bits per heavy atom. The van der Waals surface area contributed by atoms with Crippen LogP contribution in [0, 0.1) is 0 Å². The van der Waals surface area contributed by atoms with Gasteiger partial charge in [-0.3, -0.25) is 9.69 Å². The number of likely N-dealkylation sites (tertiary alicyclic amines) is 1. The molecule has 0 unspecified atom stereocenters. The summed E-state index contributed by atoms with van der Waals surface area (Å²) < 4.78 is 0. The molecule has 5 heteroatoms. The summed E-state index contributed by atoms with van der Waals surface area (Å²) >= 11 is 0. The molecule has 2 atom stereocenters. The molecule has 0 aliphatic carbocycles. The predicted molar refractivity (Wildman–Crippen MR) is 103 cm³/mol. The number of hydrogen-bond acceptors (Lipinski definition) is 4. The van der Waals surface area contributed by atoms with Crippen molar-refractivity contribution in [3.05, 3.63) is 29.8 Å². The Morgan fingerprint density at radius 3 is 2.28 bits per heavy atom. The average molecular weight is 345 g/mol. The molecule has 2 fully saturated rings. The lowest BCUT2D eigenvalue weighted by atomic mass is 9.98. The second kappa shape index (κ2) is 7.75. The molecule has 0 bridgehead atoms. The largest absolute Gasteiger partial charge is 0.369 e. The number of piperazine rings is 1. The zero-order valence-corrected chi connectivity index (χ0v) is 15.8. The highest BCUT2D eigenvalue weighted by molar-refractivity contribution is 5.94. The summed E-state index contributed by atoms with van der Waals surface area (Å²) in [7, 11) is 0. The molecule has 2 N–H and O–H groups in total. The zero-order chi connectivity index (χ0) is 18.0. The fraction of sp³-hybridized carbons (Fsp3) is 0.650. The van der Waals surface area contributed by atoms with Crippen LogP contribution < -0.4 is 10.6 Å². The van der Waals surface area contributed by atoms with Crippen molar-refractivity contribution < 1.29 is 4.79 Å². The Hall–Kier alpha value is -1.59. The number of carbonyl (C=O) groups excluding carboxylic acids is 1. The molecular weight excluding hydrogens is 312 g/mol. The van der Waals surface area contributed by atoms with Crippen LogP contribution in [0.25, 0.3) is 0 Å². The first-order valence-electron chi connectivity index (χ1n) is 9.61. The highest BCUT2D eigenvalue weighted by atomic mass is 16.2.